The second-order valence-corrected chi connectivity index (χ2v) is 10.4. The fourth-order valence-electron chi connectivity index (χ4n) is 5.68. The maximum atomic E-state index is 12.9. The van der Waals surface area contributed by atoms with Gasteiger partial charge in [0.25, 0.3) is 5.91 Å². The first-order valence-electron chi connectivity index (χ1n) is 12.7. The average Bonchev–Trinajstić information content (AvgIpc) is 3.42. The number of likely N-dealkylation sites (tertiary alicyclic amines) is 1. The molecule has 7 rings (SSSR count). The highest BCUT2D eigenvalue weighted by Gasteiger charge is 2.48. The van der Waals surface area contributed by atoms with Gasteiger partial charge in [-0.2, -0.15) is 0 Å². The molecule has 1 saturated heterocycles. The Hall–Kier alpha value is -4.06. The third-order valence-corrected chi connectivity index (χ3v) is 7.94. The first kappa shape index (κ1) is 21.2. The summed E-state index contributed by atoms with van der Waals surface area (Å²) in [5, 5.41) is 1.16. The fourth-order valence-corrected chi connectivity index (χ4v) is 5.68. The quantitative estimate of drug-likeness (QED) is 0.345. The summed E-state index contributed by atoms with van der Waals surface area (Å²) >= 11 is 0. The van der Waals surface area contributed by atoms with Crippen molar-refractivity contribution in [3.05, 3.63) is 96.2 Å². The monoisotopic (exact) mass is 473 g/mol. The fraction of sp³-hybridized carbons (Fsp3) is 0.267. The van der Waals surface area contributed by atoms with E-state index in [-0.39, 0.29) is 11.3 Å². The van der Waals surface area contributed by atoms with Crippen molar-refractivity contribution in [2.75, 3.05) is 13.1 Å². The molecule has 178 valence electrons. The lowest BCUT2D eigenvalue weighted by atomic mass is 9.91. The van der Waals surface area contributed by atoms with Crippen molar-refractivity contribution >= 4 is 22.6 Å². The molecule has 6 heteroatoms. The molecule has 2 aliphatic rings. The number of hydrogen-bond acceptors (Lipinski definition) is 4. The molecule has 3 aromatic heterocycles. The normalized spacial score (nSPS) is 18.7. The zero-order chi connectivity index (χ0) is 24.3. The molecule has 0 N–H and O–H groups in total. The number of benzene rings is 2. The zero-order valence-electron chi connectivity index (χ0n) is 20.3. The number of imidazole rings is 1. The van der Waals surface area contributed by atoms with Crippen LogP contribution < -0.4 is 0 Å². The summed E-state index contributed by atoms with van der Waals surface area (Å²) in [6, 6.07) is 18.6. The number of aromatic nitrogens is 4. The molecule has 5 aromatic rings. The minimum Gasteiger partial charge on any atom is -0.338 e. The van der Waals surface area contributed by atoms with Crippen LogP contribution in [-0.2, 0) is 5.41 Å². The van der Waals surface area contributed by atoms with Crippen molar-refractivity contribution in [3.63, 3.8) is 0 Å². The van der Waals surface area contributed by atoms with Gasteiger partial charge >= 0.3 is 0 Å². The van der Waals surface area contributed by atoms with Crippen molar-refractivity contribution < 1.29 is 4.79 Å². The number of carbonyl (C=O) groups is 1. The number of fused-ring (bicyclic) bond motifs is 2. The molecule has 1 aliphatic heterocycles. The molecule has 1 aliphatic carbocycles. The van der Waals surface area contributed by atoms with E-state index in [1.165, 1.54) is 11.3 Å². The molecule has 1 saturated carbocycles. The standard InChI is InChI=1S/C30H27N5O/c1-20-10-14-34(18-20)28(36)22-6-4-21(5-7-22)24-16-32-29-33-17-27(35(29)19-24)30(11-12-30)25-8-9-26-23(15-25)3-2-13-31-26/h2-9,13,15-17,19-20H,10-12,14,18H2,1H3/t20-/m1/s1. The molecule has 4 heterocycles. The van der Waals surface area contributed by atoms with E-state index in [4.69, 9.17) is 0 Å². The zero-order valence-corrected chi connectivity index (χ0v) is 20.3. The minimum absolute atomic E-state index is 0.0487. The highest BCUT2D eigenvalue weighted by atomic mass is 16.2. The van der Waals surface area contributed by atoms with Gasteiger partial charge in [0.2, 0.25) is 5.78 Å². The lowest BCUT2D eigenvalue weighted by Crippen LogP contribution is -2.28. The number of hydrogen-bond donors (Lipinski definition) is 0. The van der Waals surface area contributed by atoms with E-state index in [9.17, 15) is 4.79 Å². The van der Waals surface area contributed by atoms with Crippen molar-refractivity contribution in [1.29, 1.82) is 0 Å². The maximum absolute atomic E-state index is 12.9. The number of nitrogens with zero attached hydrogens (tertiary/aromatic N) is 5. The van der Waals surface area contributed by atoms with E-state index in [1.807, 2.05) is 53.8 Å². The molecule has 6 nitrogen and oxygen atoms in total. The van der Waals surface area contributed by atoms with Crippen LogP contribution in [-0.4, -0.2) is 43.2 Å². The summed E-state index contributed by atoms with van der Waals surface area (Å²) in [4.78, 5) is 28.6. The van der Waals surface area contributed by atoms with Gasteiger partial charge in [0.15, 0.2) is 0 Å². The van der Waals surface area contributed by atoms with E-state index < -0.39 is 0 Å². The molecular weight excluding hydrogens is 446 g/mol. The van der Waals surface area contributed by atoms with E-state index in [0.29, 0.717) is 11.7 Å². The molecule has 1 atom stereocenters. The van der Waals surface area contributed by atoms with E-state index in [1.54, 1.807) is 0 Å². The van der Waals surface area contributed by atoms with Gasteiger partial charge in [0.1, 0.15) is 0 Å². The van der Waals surface area contributed by atoms with Crippen molar-refractivity contribution in [2.24, 2.45) is 5.92 Å². The van der Waals surface area contributed by atoms with Crippen LogP contribution in [0.5, 0.6) is 0 Å². The summed E-state index contributed by atoms with van der Waals surface area (Å²) in [6.07, 6.45) is 11.1. The highest BCUT2D eigenvalue weighted by molar-refractivity contribution is 5.95. The SMILES string of the molecule is C[C@@H]1CCN(C(=O)c2ccc(-c3cnc4ncc(C5(c6ccc7ncccc7c6)CC5)n4c3)cc2)C1. The second kappa shape index (κ2) is 7.98. The van der Waals surface area contributed by atoms with Crippen LogP contribution in [0, 0.1) is 5.92 Å². The predicted molar refractivity (Wildman–Crippen MR) is 140 cm³/mol. The molecule has 0 radical (unpaired) electrons. The van der Waals surface area contributed by atoms with E-state index >= 15 is 0 Å². The first-order valence-corrected chi connectivity index (χ1v) is 12.7. The molecule has 0 bridgehead atoms. The minimum atomic E-state index is -0.0487. The molecular formula is C30H27N5O. The number of amides is 1. The topological polar surface area (TPSA) is 63.4 Å². The van der Waals surface area contributed by atoms with Crippen LogP contribution in [0.1, 0.15) is 47.8 Å². The Bertz CT molecular complexity index is 1620. The Kier molecular flexibility index (Phi) is 4.71. The number of rotatable bonds is 4. The lowest BCUT2D eigenvalue weighted by Gasteiger charge is -2.17. The number of carbonyl (C=O) groups excluding carboxylic acids is 1. The van der Waals surface area contributed by atoms with Gasteiger partial charge in [-0.15, -0.1) is 0 Å². The van der Waals surface area contributed by atoms with Crippen LogP contribution in [0.3, 0.4) is 0 Å². The van der Waals surface area contributed by atoms with Gasteiger partial charge in [-0.25, -0.2) is 9.97 Å². The van der Waals surface area contributed by atoms with E-state index in [2.05, 4.69) is 56.7 Å². The van der Waals surface area contributed by atoms with Gasteiger partial charge in [-0.3, -0.25) is 14.2 Å². The Morgan fingerprint density at radius 1 is 0.972 bits per heavy atom. The maximum Gasteiger partial charge on any atom is 0.253 e. The van der Waals surface area contributed by atoms with Crippen LogP contribution in [0.4, 0.5) is 0 Å². The Morgan fingerprint density at radius 2 is 1.81 bits per heavy atom. The van der Waals surface area contributed by atoms with Crippen LogP contribution >= 0.6 is 0 Å². The second-order valence-electron chi connectivity index (χ2n) is 10.4. The largest absolute Gasteiger partial charge is 0.338 e. The molecule has 0 unspecified atom stereocenters. The Labute approximate surface area is 209 Å². The Morgan fingerprint density at radius 3 is 2.58 bits per heavy atom. The van der Waals surface area contributed by atoms with Crippen LogP contribution in [0.15, 0.2) is 79.4 Å². The summed E-state index contributed by atoms with van der Waals surface area (Å²) in [5.41, 5.74) is 6.23. The summed E-state index contributed by atoms with van der Waals surface area (Å²) in [5.74, 6) is 1.41. The lowest BCUT2D eigenvalue weighted by molar-refractivity contribution is 0.0788. The third-order valence-electron chi connectivity index (χ3n) is 7.94. The predicted octanol–water partition coefficient (Wildman–Crippen LogP) is 5.51. The molecule has 2 aromatic carbocycles. The van der Waals surface area contributed by atoms with Gasteiger partial charge < -0.3 is 4.90 Å². The molecule has 0 spiro atoms. The summed E-state index contributed by atoms with van der Waals surface area (Å²) in [7, 11) is 0. The summed E-state index contributed by atoms with van der Waals surface area (Å²) in [6.45, 7) is 3.90. The van der Waals surface area contributed by atoms with Gasteiger partial charge in [-0.05, 0) is 66.6 Å². The third kappa shape index (κ3) is 3.40. The molecule has 36 heavy (non-hydrogen) atoms. The van der Waals surface area contributed by atoms with Crippen molar-refractivity contribution in [3.8, 4) is 11.1 Å². The van der Waals surface area contributed by atoms with Crippen molar-refractivity contribution in [1.82, 2.24) is 24.3 Å². The van der Waals surface area contributed by atoms with Crippen LogP contribution in [0.2, 0.25) is 0 Å². The van der Waals surface area contributed by atoms with Gasteiger partial charge in [0, 0.05) is 53.6 Å². The van der Waals surface area contributed by atoms with E-state index in [0.717, 1.165) is 59.9 Å². The van der Waals surface area contributed by atoms with Gasteiger partial charge in [0.05, 0.1) is 17.4 Å². The first-order chi connectivity index (χ1) is 17.6. The molecule has 1 amide bonds. The highest BCUT2D eigenvalue weighted by Crippen LogP contribution is 2.53. The summed E-state index contributed by atoms with van der Waals surface area (Å²) < 4.78 is 2.14. The smallest absolute Gasteiger partial charge is 0.253 e. The van der Waals surface area contributed by atoms with Crippen LogP contribution in [0.25, 0.3) is 27.8 Å². The van der Waals surface area contributed by atoms with Gasteiger partial charge in [-0.1, -0.05) is 31.2 Å². The Balaban J connectivity index is 1.22. The van der Waals surface area contributed by atoms with Crippen molar-refractivity contribution in [2.45, 2.75) is 31.6 Å². The molecule has 2 fully saturated rings. The number of pyridine rings is 1. The average molecular weight is 474 g/mol.